The molecule has 2 aromatic heterocycles. The molecular formula is C14H24IN7S. The lowest BCUT2D eigenvalue weighted by Crippen LogP contribution is -2.36. The van der Waals surface area contributed by atoms with Crippen molar-refractivity contribution in [1.29, 1.82) is 0 Å². The summed E-state index contributed by atoms with van der Waals surface area (Å²) in [5, 5.41) is 13.7. The predicted molar refractivity (Wildman–Crippen MR) is 104 cm³/mol. The first-order chi connectivity index (χ1) is 10.6. The van der Waals surface area contributed by atoms with Crippen LogP contribution in [0.15, 0.2) is 16.7 Å². The third kappa shape index (κ3) is 6.05. The van der Waals surface area contributed by atoms with Crippen molar-refractivity contribution in [3.63, 3.8) is 0 Å². The van der Waals surface area contributed by atoms with Gasteiger partial charge in [0.25, 0.3) is 0 Å². The SMILES string of the molecule is CCNC(=NCc1ncnn1C)NCc1nc(C(C)C)cs1.I. The van der Waals surface area contributed by atoms with Gasteiger partial charge in [0.05, 0.1) is 12.2 Å². The van der Waals surface area contributed by atoms with Crippen molar-refractivity contribution < 1.29 is 0 Å². The van der Waals surface area contributed by atoms with Crippen molar-refractivity contribution in [3.05, 3.63) is 28.2 Å². The number of guanidine groups is 1. The number of thiazole rings is 1. The number of rotatable bonds is 6. The molecule has 0 saturated carbocycles. The summed E-state index contributed by atoms with van der Waals surface area (Å²) in [7, 11) is 1.86. The molecule has 0 fully saturated rings. The van der Waals surface area contributed by atoms with E-state index in [9.17, 15) is 0 Å². The lowest BCUT2D eigenvalue weighted by molar-refractivity contribution is 0.697. The molecule has 0 aliphatic carbocycles. The van der Waals surface area contributed by atoms with Crippen LogP contribution in [0.5, 0.6) is 0 Å². The quantitative estimate of drug-likeness (QED) is 0.402. The molecule has 0 aromatic carbocycles. The molecule has 2 rings (SSSR count). The van der Waals surface area contributed by atoms with Crippen molar-refractivity contribution >= 4 is 41.3 Å². The Labute approximate surface area is 158 Å². The van der Waals surface area contributed by atoms with Gasteiger partial charge < -0.3 is 10.6 Å². The first-order valence-electron chi connectivity index (χ1n) is 7.39. The summed E-state index contributed by atoms with van der Waals surface area (Å²) in [6, 6.07) is 0. The highest BCUT2D eigenvalue weighted by atomic mass is 127. The summed E-state index contributed by atoms with van der Waals surface area (Å²) in [6.45, 7) is 8.31. The number of nitrogens with one attached hydrogen (secondary N) is 2. The van der Waals surface area contributed by atoms with E-state index in [0.717, 1.165) is 29.0 Å². The van der Waals surface area contributed by atoms with E-state index in [1.165, 1.54) is 6.33 Å². The van der Waals surface area contributed by atoms with Crippen LogP contribution >= 0.6 is 35.3 Å². The first-order valence-corrected chi connectivity index (χ1v) is 8.27. The van der Waals surface area contributed by atoms with Crippen molar-refractivity contribution in [2.45, 2.75) is 39.8 Å². The molecule has 0 aliphatic heterocycles. The van der Waals surface area contributed by atoms with Crippen LogP contribution in [-0.4, -0.2) is 32.3 Å². The van der Waals surface area contributed by atoms with Gasteiger partial charge in [0.1, 0.15) is 23.7 Å². The Morgan fingerprint density at radius 1 is 1.39 bits per heavy atom. The molecule has 0 saturated heterocycles. The van der Waals surface area contributed by atoms with Crippen LogP contribution in [0.25, 0.3) is 0 Å². The number of nitrogens with zero attached hydrogens (tertiary/aromatic N) is 5. The summed E-state index contributed by atoms with van der Waals surface area (Å²) in [4.78, 5) is 13.3. The third-order valence-electron chi connectivity index (χ3n) is 3.10. The van der Waals surface area contributed by atoms with Gasteiger partial charge in [-0.15, -0.1) is 35.3 Å². The molecule has 0 atom stereocenters. The highest BCUT2D eigenvalue weighted by Gasteiger charge is 2.07. The molecule has 0 spiro atoms. The maximum Gasteiger partial charge on any atom is 0.192 e. The minimum Gasteiger partial charge on any atom is -0.357 e. The van der Waals surface area contributed by atoms with E-state index in [-0.39, 0.29) is 24.0 Å². The second kappa shape index (κ2) is 9.81. The number of aromatic nitrogens is 4. The summed E-state index contributed by atoms with van der Waals surface area (Å²) < 4.78 is 1.73. The van der Waals surface area contributed by atoms with Gasteiger partial charge in [0.2, 0.25) is 0 Å². The predicted octanol–water partition coefficient (Wildman–Crippen LogP) is 2.27. The molecule has 2 N–H and O–H groups in total. The zero-order chi connectivity index (χ0) is 15.9. The smallest absolute Gasteiger partial charge is 0.192 e. The lowest BCUT2D eigenvalue weighted by Gasteiger charge is -2.09. The fourth-order valence-electron chi connectivity index (χ4n) is 1.79. The van der Waals surface area contributed by atoms with Gasteiger partial charge in [-0.05, 0) is 12.8 Å². The Morgan fingerprint density at radius 2 is 2.17 bits per heavy atom. The summed E-state index contributed by atoms with van der Waals surface area (Å²) >= 11 is 1.67. The maximum absolute atomic E-state index is 4.61. The van der Waals surface area contributed by atoms with E-state index in [0.29, 0.717) is 19.0 Å². The van der Waals surface area contributed by atoms with Gasteiger partial charge >= 0.3 is 0 Å². The highest BCUT2D eigenvalue weighted by Crippen LogP contribution is 2.17. The van der Waals surface area contributed by atoms with Crippen molar-refractivity contribution in [2.24, 2.45) is 12.0 Å². The second-order valence-corrected chi connectivity index (χ2v) is 6.11. The minimum atomic E-state index is 0. The maximum atomic E-state index is 4.61. The molecule has 0 radical (unpaired) electrons. The van der Waals surface area contributed by atoms with E-state index in [4.69, 9.17) is 0 Å². The number of aliphatic imine (C=N–C) groups is 1. The Bertz CT molecular complexity index is 620. The molecule has 0 unspecified atom stereocenters. The van der Waals surface area contributed by atoms with Crippen molar-refractivity contribution in [1.82, 2.24) is 30.4 Å². The molecule has 9 heteroatoms. The fraction of sp³-hybridized carbons (Fsp3) is 0.571. The zero-order valence-corrected chi connectivity index (χ0v) is 17.1. The van der Waals surface area contributed by atoms with E-state index in [2.05, 4.69) is 49.9 Å². The van der Waals surface area contributed by atoms with E-state index in [1.807, 2.05) is 14.0 Å². The molecule has 7 nitrogen and oxygen atoms in total. The van der Waals surface area contributed by atoms with E-state index in [1.54, 1.807) is 16.0 Å². The van der Waals surface area contributed by atoms with E-state index >= 15 is 0 Å². The number of aryl methyl sites for hydroxylation is 1. The highest BCUT2D eigenvalue weighted by molar-refractivity contribution is 14.0. The minimum absolute atomic E-state index is 0. The molecule has 0 aliphatic rings. The van der Waals surface area contributed by atoms with Gasteiger partial charge in [-0.2, -0.15) is 5.10 Å². The molecule has 128 valence electrons. The van der Waals surface area contributed by atoms with Crippen molar-refractivity contribution in [3.8, 4) is 0 Å². The van der Waals surface area contributed by atoms with Crippen LogP contribution in [-0.2, 0) is 20.1 Å². The molecule has 2 heterocycles. The second-order valence-electron chi connectivity index (χ2n) is 5.17. The summed E-state index contributed by atoms with van der Waals surface area (Å²) in [5.74, 6) is 2.04. The van der Waals surface area contributed by atoms with Gasteiger partial charge in [0, 0.05) is 19.0 Å². The van der Waals surface area contributed by atoms with Crippen LogP contribution in [0.3, 0.4) is 0 Å². The van der Waals surface area contributed by atoms with Crippen molar-refractivity contribution in [2.75, 3.05) is 6.54 Å². The van der Waals surface area contributed by atoms with Crippen LogP contribution in [0.2, 0.25) is 0 Å². The van der Waals surface area contributed by atoms with Crippen LogP contribution < -0.4 is 10.6 Å². The molecular weight excluding hydrogens is 425 g/mol. The standard InChI is InChI=1S/C14H23N7S.HI/c1-5-15-14(16-6-12-18-9-19-21(12)4)17-7-13-20-11(8-22-13)10(2)3;/h8-10H,5-7H2,1-4H3,(H2,15,16,17);1H. The number of hydrogen-bond donors (Lipinski definition) is 2. The summed E-state index contributed by atoms with van der Waals surface area (Å²) in [6.07, 6.45) is 1.54. The van der Waals surface area contributed by atoms with Gasteiger partial charge in [-0.1, -0.05) is 13.8 Å². The average Bonchev–Trinajstić information content (AvgIpc) is 3.11. The third-order valence-corrected chi connectivity index (χ3v) is 3.96. The van der Waals surface area contributed by atoms with Crippen LogP contribution in [0, 0.1) is 0 Å². The Kier molecular flexibility index (Phi) is 8.45. The van der Waals surface area contributed by atoms with Gasteiger partial charge in [0.15, 0.2) is 5.96 Å². The Morgan fingerprint density at radius 3 is 2.74 bits per heavy atom. The Balaban J connectivity index is 0.00000264. The van der Waals surface area contributed by atoms with Gasteiger partial charge in [-0.25, -0.2) is 15.0 Å². The van der Waals surface area contributed by atoms with Crippen LogP contribution in [0.1, 0.15) is 43.2 Å². The topological polar surface area (TPSA) is 80.0 Å². The van der Waals surface area contributed by atoms with Crippen LogP contribution in [0.4, 0.5) is 0 Å². The zero-order valence-electron chi connectivity index (χ0n) is 13.9. The van der Waals surface area contributed by atoms with E-state index < -0.39 is 0 Å². The molecule has 23 heavy (non-hydrogen) atoms. The lowest BCUT2D eigenvalue weighted by atomic mass is 10.2. The average molecular weight is 449 g/mol. The normalized spacial score (nSPS) is 11.4. The number of hydrogen-bond acceptors (Lipinski definition) is 5. The molecule has 0 bridgehead atoms. The number of halogens is 1. The molecule has 2 aromatic rings. The Hall–Kier alpha value is -1.23. The molecule has 0 amide bonds. The van der Waals surface area contributed by atoms with Gasteiger partial charge in [-0.3, -0.25) is 4.68 Å². The summed E-state index contributed by atoms with van der Waals surface area (Å²) in [5.41, 5.74) is 1.14. The first kappa shape index (κ1) is 19.8. The fourth-order valence-corrected chi connectivity index (χ4v) is 2.68. The largest absolute Gasteiger partial charge is 0.357 e. The monoisotopic (exact) mass is 449 g/mol.